The summed E-state index contributed by atoms with van der Waals surface area (Å²) in [6.07, 6.45) is 0. The molecule has 0 unspecified atom stereocenters. The van der Waals surface area contributed by atoms with Gasteiger partial charge in [0.25, 0.3) is 0 Å². The van der Waals surface area contributed by atoms with Crippen molar-refractivity contribution in [3.8, 4) is 0 Å². The second-order valence-electron chi connectivity index (χ2n) is 6.20. The summed E-state index contributed by atoms with van der Waals surface area (Å²) < 4.78 is 6.87. The van der Waals surface area contributed by atoms with Crippen LogP contribution in [0.1, 0.15) is 0 Å². The van der Waals surface area contributed by atoms with Gasteiger partial charge in [-0.15, -0.1) is 0 Å². The maximum atomic E-state index is 6.87. The summed E-state index contributed by atoms with van der Waals surface area (Å²) in [4.78, 5) is 0. The zero-order valence-electron chi connectivity index (χ0n) is 13.6. The topological polar surface area (TPSA) is 9.23 Å². The summed E-state index contributed by atoms with van der Waals surface area (Å²) >= 11 is 0. The van der Waals surface area contributed by atoms with Crippen molar-refractivity contribution in [1.29, 1.82) is 0 Å². The maximum Gasteiger partial charge on any atom is 0.228 e. The third kappa shape index (κ3) is 3.88. The van der Waals surface area contributed by atoms with Gasteiger partial charge in [0.15, 0.2) is 0 Å². The third-order valence-corrected chi connectivity index (χ3v) is 11.1. The smallest absolute Gasteiger partial charge is 0.228 e. The molecular weight excluding hydrogens is 312 g/mol. The van der Waals surface area contributed by atoms with E-state index in [1.807, 2.05) is 0 Å². The van der Waals surface area contributed by atoms with Crippen molar-refractivity contribution in [3.05, 3.63) is 91.0 Å². The molecule has 0 aliphatic rings. The molecule has 0 N–H and O–H groups in total. The summed E-state index contributed by atoms with van der Waals surface area (Å²) in [5.74, 6) is 0. The molecule has 0 amide bonds. The van der Waals surface area contributed by atoms with E-state index in [0.29, 0.717) is 0 Å². The largest absolute Gasteiger partial charge is 0.448 e. The van der Waals surface area contributed by atoms with Gasteiger partial charge in [0.05, 0.1) is 0 Å². The Hall–Kier alpha value is -1.95. The molecule has 0 aliphatic carbocycles. The molecule has 3 aromatic carbocycles. The van der Waals surface area contributed by atoms with Crippen molar-refractivity contribution < 1.29 is 4.12 Å². The van der Waals surface area contributed by atoms with Crippen LogP contribution in [0, 0.1) is 0 Å². The molecule has 0 heterocycles. The highest BCUT2D eigenvalue weighted by Crippen LogP contribution is 2.08. The van der Waals surface area contributed by atoms with Crippen molar-refractivity contribution in [3.63, 3.8) is 0 Å². The number of hydrogen-bond acceptors (Lipinski definition) is 1. The Balaban J connectivity index is 1.97. The highest BCUT2D eigenvalue weighted by Gasteiger charge is 2.31. The zero-order chi connectivity index (χ0) is 16.1. The van der Waals surface area contributed by atoms with Crippen LogP contribution in [-0.4, -0.2) is 17.4 Å². The Morgan fingerprint density at radius 2 is 1.00 bits per heavy atom. The molecule has 0 atom stereocenters. The van der Waals surface area contributed by atoms with Gasteiger partial charge in [-0.3, -0.25) is 0 Å². The first kappa shape index (κ1) is 15.9. The van der Waals surface area contributed by atoms with Crippen LogP contribution in [-0.2, 0) is 4.12 Å². The fourth-order valence-electron chi connectivity index (χ4n) is 2.79. The van der Waals surface area contributed by atoms with Gasteiger partial charge in [-0.25, -0.2) is 0 Å². The Morgan fingerprint density at radius 3 is 1.43 bits per heavy atom. The molecule has 0 bridgehead atoms. The van der Waals surface area contributed by atoms with E-state index in [1.165, 1.54) is 15.6 Å². The Bertz CT molecular complexity index is 688. The van der Waals surface area contributed by atoms with E-state index in [1.54, 1.807) is 0 Å². The van der Waals surface area contributed by atoms with Crippen molar-refractivity contribution in [2.24, 2.45) is 0 Å². The van der Waals surface area contributed by atoms with E-state index in [9.17, 15) is 0 Å². The van der Waals surface area contributed by atoms with E-state index in [-0.39, 0.29) is 0 Å². The summed E-state index contributed by atoms with van der Waals surface area (Å²) in [6, 6.07) is 32.1. The van der Waals surface area contributed by atoms with Gasteiger partial charge in [0, 0.05) is 0 Å². The first-order valence-electron chi connectivity index (χ1n) is 8.00. The maximum absolute atomic E-state index is 6.87. The van der Waals surface area contributed by atoms with Gasteiger partial charge in [-0.1, -0.05) is 91.0 Å². The molecule has 1 nitrogen and oxygen atoms in total. The van der Waals surface area contributed by atoms with Gasteiger partial charge in [-0.2, -0.15) is 0 Å². The van der Waals surface area contributed by atoms with Crippen LogP contribution in [0.2, 0.25) is 13.1 Å². The van der Waals surface area contributed by atoms with Crippen LogP contribution in [0.15, 0.2) is 91.0 Å². The molecule has 0 saturated heterocycles. The SMILES string of the molecule is C[Si](C)(O[SiH](c1ccccc1)c1ccccc1)c1ccccc1. The lowest BCUT2D eigenvalue weighted by Gasteiger charge is -2.30. The standard InChI is InChI=1S/C20H22OSi2/c1-23(2,20-16-10-5-11-17-20)21-22(18-12-6-3-7-13-18)19-14-8-4-9-15-19/h3-17,22H,1-2H3. The molecule has 0 aromatic heterocycles. The number of hydrogen-bond donors (Lipinski definition) is 0. The highest BCUT2D eigenvalue weighted by atomic mass is 28.4. The molecule has 3 aromatic rings. The highest BCUT2D eigenvalue weighted by molar-refractivity contribution is 6.94. The predicted octanol–water partition coefficient (Wildman–Crippen LogP) is 2.65. The fourth-order valence-corrected chi connectivity index (χ4v) is 9.30. The number of rotatable bonds is 5. The minimum absolute atomic E-state index is 1.34. The van der Waals surface area contributed by atoms with E-state index < -0.39 is 17.4 Å². The summed E-state index contributed by atoms with van der Waals surface area (Å²) in [6.45, 7) is 4.60. The first-order chi connectivity index (χ1) is 11.2. The van der Waals surface area contributed by atoms with E-state index >= 15 is 0 Å². The minimum Gasteiger partial charge on any atom is -0.448 e. The second kappa shape index (κ2) is 7.09. The van der Waals surface area contributed by atoms with Crippen molar-refractivity contribution in [1.82, 2.24) is 0 Å². The Kier molecular flexibility index (Phi) is 4.91. The molecule has 0 aliphatic heterocycles. The minimum atomic E-state index is -1.95. The van der Waals surface area contributed by atoms with Gasteiger partial charge >= 0.3 is 0 Å². The van der Waals surface area contributed by atoms with E-state index in [4.69, 9.17) is 4.12 Å². The Labute approximate surface area is 141 Å². The first-order valence-corrected chi connectivity index (χ1v) is 12.5. The van der Waals surface area contributed by atoms with Crippen LogP contribution < -0.4 is 15.6 Å². The van der Waals surface area contributed by atoms with Crippen LogP contribution in [0.4, 0.5) is 0 Å². The van der Waals surface area contributed by atoms with Crippen molar-refractivity contribution in [2.45, 2.75) is 13.1 Å². The Morgan fingerprint density at radius 1 is 0.609 bits per heavy atom. The zero-order valence-corrected chi connectivity index (χ0v) is 15.8. The summed E-state index contributed by atoms with van der Waals surface area (Å²) in [5, 5.41) is 4.04. The molecule has 3 heteroatoms. The van der Waals surface area contributed by atoms with Gasteiger partial charge in [-0.05, 0) is 28.7 Å². The predicted molar refractivity (Wildman–Crippen MR) is 104 cm³/mol. The summed E-state index contributed by atoms with van der Waals surface area (Å²) in [7, 11) is -3.63. The van der Waals surface area contributed by atoms with Gasteiger partial charge < -0.3 is 4.12 Å². The average Bonchev–Trinajstić information content (AvgIpc) is 2.62. The van der Waals surface area contributed by atoms with Gasteiger partial charge in [0.1, 0.15) is 0 Å². The molecular formula is C20H22OSi2. The average molecular weight is 335 g/mol. The lowest BCUT2D eigenvalue weighted by molar-refractivity contribution is 0.602. The molecule has 116 valence electrons. The fraction of sp³-hybridized carbons (Fsp3) is 0.100. The quantitative estimate of drug-likeness (QED) is 0.652. The number of benzene rings is 3. The monoisotopic (exact) mass is 334 g/mol. The second-order valence-corrected chi connectivity index (χ2v) is 12.8. The van der Waals surface area contributed by atoms with Crippen LogP contribution in [0.5, 0.6) is 0 Å². The molecule has 0 spiro atoms. The lowest BCUT2D eigenvalue weighted by Crippen LogP contribution is -2.56. The van der Waals surface area contributed by atoms with Crippen molar-refractivity contribution in [2.75, 3.05) is 0 Å². The van der Waals surface area contributed by atoms with Crippen LogP contribution in [0.3, 0.4) is 0 Å². The van der Waals surface area contributed by atoms with E-state index in [2.05, 4.69) is 104 Å². The summed E-state index contributed by atoms with van der Waals surface area (Å²) in [5.41, 5.74) is 0. The molecule has 0 fully saturated rings. The van der Waals surface area contributed by atoms with E-state index in [0.717, 1.165) is 0 Å². The molecule has 0 saturated carbocycles. The van der Waals surface area contributed by atoms with Gasteiger partial charge in [0.2, 0.25) is 17.4 Å². The molecule has 0 radical (unpaired) electrons. The molecule has 3 rings (SSSR count). The van der Waals surface area contributed by atoms with Crippen LogP contribution in [0.25, 0.3) is 0 Å². The third-order valence-electron chi connectivity index (χ3n) is 4.09. The normalized spacial score (nSPS) is 11.6. The molecule has 23 heavy (non-hydrogen) atoms. The van der Waals surface area contributed by atoms with Crippen molar-refractivity contribution >= 4 is 32.9 Å². The lowest BCUT2D eigenvalue weighted by atomic mass is 10.4. The van der Waals surface area contributed by atoms with Crippen LogP contribution >= 0.6 is 0 Å².